The highest BCUT2D eigenvalue weighted by Crippen LogP contribution is 2.23. The van der Waals surface area contributed by atoms with Gasteiger partial charge in [-0.3, -0.25) is 0 Å². The Bertz CT molecular complexity index is 910. The fourth-order valence-corrected chi connectivity index (χ4v) is 2.34. The van der Waals surface area contributed by atoms with Crippen LogP contribution in [-0.2, 0) is 0 Å². The van der Waals surface area contributed by atoms with E-state index in [0.717, 1.165) is 6.07 Å². The van der Waals surface area contributed by atoms with Crippen molar-refractivity contribution in [1.82, 2.24) is 0 Å². The molecule has 2 aromatic rings. The number of rotatable bonds is 6. The van der Waals surface area contributed by atoms with E-state index in [-0.39, 0.29) is 11.0 Å². The van der Waals surface area contributed by atoms with Crippen molar-refractivity contribution in [2.24, 2.45) is 0 Å². The van der Waals surface area contributed by atoms with Crippen LogP contribution in [0.25, 0.3) is 0 Å². The standard InChI is InChI=1S/C10H9F4NO2.C7H3BrF2O2/c11-5-3-6(10(16)17)9(7(12)4-5)15-2-1-8(13)14;8-6-4(7(11)12)1-3(9)2-5(6)10/h3-4,8,15H,1-2H2,(H,16,17);1-2H,(H,11,12). The maximum absolute atomic E-state index is 13.2. The number of carboxylic acid groups (broad SMARTS) is 2. The predicted molar refractivity (Wildman–Crippen MR) is 93.4 cm³/mol. The Labute approximate surface area is 168 Å². The van der Waals surface area contributed by atoms with Crippen LogP contribution in [0.2, 0.25) is 0 Å². The molecule has 0 aromatic heterocycles. The van der Waals surface area contributed by atoms with Gasteiger partial charge < -0.3 is 15.5 Å². The maximum atomic E-state index is 13.2. The average molecular weight is 488 g/mol. The molecule has 0 saturated heterocycles. The molecular formula is C17H12BrF6NO4. The fraction of sp³-hybridized carbons (Fsp3) is 0.176. The summed E-state index contributed by atoms with van der Waals surface area (Å²) >= 11 is 2.69. The second-order valence-electron chi connectivity index (χ2n) is 5.28. The molecule has 12 heteroatoms. The van der Waals surface area contributed by atoms with Crippen LogP contribution in [0.15, 0.2) is 28.7 Å². The van der Waals surface area contributed by atoms with Gasteiger partial charge in [-0.05, 0) is 28.1 Å². The van der Waals surface area contributed by atoms with E-state index < -0.39 is 64.9 Å². The second kappa shape index (κ2) is 10.7. The molecule has 0 aliphatic carbocycles. The van der Waals surface area contributed by atoms with Crippen molar-refractivity contribution < 1.29 is 46.1 Å². The van der Waals surface area contributed by atoms with E-state index in [0.29, 0.717) is 18.2 Å². The van der Waals surface area contributed by atoms with Gasteiger partial charge in [0.25, 0.3) is 0 Å². The van der Waals surface area contributed by atoms with Crippen LogP contribution in [0.1, 0.15) is 27.1 Å². The van der Waals surface area contributed by atoms with Crippen LogP contribution < -0.4 is 5.32 Å². The highest BCUT2D eigenvalue weighted by atomic mass is 79.9. The minimum atomic E-state index is -2.58. The van der Waals surface area contributed by atoms with Gasteiger partial charge in [0.15, 0.2) is 0 Å². The molecule has 5 nitrogen and oxygen atoms in total. The Hall–Kier alpha value is -2.76. The Morgan fingerprint density at radius 3 is 1.86 bits per heavy atom. The Balaban J connectivity index is 0.000000308. The molecule has 29 heavy (non-hydrogen) atoms. The van der Waals surface area contributed by atoms with Gasteiger partial charge in [0.1, 0.15) is 23.3 Å². The van der Waals surface area contributed by atoms with Crippen molar-refractivity contribution in [3.63, 3.8) is 0 Å². The predicted octanol–water partition coefficient (Wildman–Crippen LogP) is 5.16. The van der Waals surface area contributed by atoms with Gasteiger partial charge in [0.2, 0.25) is 6.43 Å². The van der Waals surface area contributed by atoms with E-state index in [1.54, 1.807) is 0 Å². The lowest BCUT2D eigenvalue weighted by molar-refractivity contribution is 0.0685. The number of anilines is 1. The summed E-state index contributed by atoms with van der Waals surface area (Å²) in [5, 5.41) is 19.4. The van der Waals surface area contributed by atoms with Crippen molar-refractivity contribution in [2.45, 2.75) is 12.8 Å². The molecule has 0 aliphatic heterocycles. The Morgan fingerprint density at radius 2 is 1.38 bits per heavy atom. The molecule has 2 rings (SSSR count). The molecule has 0 unspecified atom stereocenters. The van der Waals surface area contributed by atoms with E-state index in [9.17, 15) is 35.9 Å². The van der Waals surface area contributed by atoms with E-state index in [2.05, 4.69) is 21.2 Å². The van der Waals surface area contributed by atoms with Crippen LogP contribution in [-0.4, -0.2) is 35.1 Å². The zero-order valence-corrected chi connectivity index (χ0v) is 15.7. The van der Waals surface area contributed by atoms with Crippen LogP contribution in [0.5, 0.6) is 0 Å². The van der Waals surface area contributed by atoms with Crippen molar-refractivity contribution in [2.75, 3.05) is 11.9 Å². The van der Waals surface area contributed by atoms with Gasteiger partial charge in [-0.1, -0.05) is 0 Å². The number of aromatic carboxylic acids is 2. The minimum absolute atomic E-state index is 0.239. The smallest absolute Gasteiger partial charge is 0.338 e. The zero-order valence-electron chi connectivity index (χ0n) is 14.2. The third-order valence-electron chi connectivity index (χ3n) is 3.17. The van der Waals surface area contributed by atoms with Crippen molar-refractivity contribution >= 4 is 33.6 Å². The summed E-state index contributed by atoms with van der Waals surface area (Å²) in [6, 6.07) is 2.46. The molecule has 3 N–H and O–H groups in total. The maximum Gasteiger partial charge on any atom is 0.338 e. The van der Waals surface area contributed by atoms with E-state index in [1.165, 1.54) is 0 Å². The van der Waals surface area contributed by atoms with Crippen molar-refractivity contribution in [3.8, 4) is 0 Å². The van der Waals surface area contributed by atoms with Crippen molar-refractivity contribution in [3.05, 3.63) is 63.1 Å². The number of hydrogen-bond donors (Lipinski definition) is 3. The van der Waals surface area contributed by atoms with Crippen LogP contribution in [0.3, 0.4) is 0 Å². The van der Waals surface area contributed by atoms with Crippen molar-refractivity contribution in [1.29, 1.82) is 0 Å². The summed E-state index contributed by atoms with van der Waals surface area (Å²) < 4.78 is 74.6. The topological polar surface area (TPSA) is 86.6 Å². The fourth-order valence-electron chi connectivity index (χ4n) is 1.94. The van der Waals surface area contributed by atoms with Crippen LogP contribution in [0, 0.1) is 23.3 Å². The molecule has 0 radical (unpaired) electrons. The number of carboxylic acids is 2. The van der Waals surface area contributed by atoms with E-state index in [4.69, 9.17) is 10.2 Å². The summed E-state index contributed by atoms with van der Waals surface area (Å²) in [4.78, 5) is 21.1. The molecule has 0 saturated carbocycles. The summed E-state index contributed by atoms with van der Waals surface area (Å²) in [6.45, 7) is -0.305. The summed E-state index contributed by atoms with van der Waals surface area (Å²) in [5.41, 5.74) is -1.54. The molecule has 0 spiro atoms. The first-order chi connectivity index (χ1) is 13.4. The number of halogens is 7. The monoisotopic (exact) mass is 487 g/mol. The third kappa shape index (κ3) is 7.29. The van der Waals surface area contributed by atoms with Crippen LogP contribution in [0.4, 0.5) is 32.0 Å². The van der Waals surface area contributed by atoms with Gasteiger partial charge in [-0.25, -0.2) is 35.9 Å². The third-order valence-corrected chi connectivity index (χ3v) is 3.98. The summed E-state index contributed by atoms with van der Waals surface area (Å²) in [7, 11) is 0. The first-order valence-corrected chi connectivity index (χ1v) is 8.35. The summed E-state index contributed by atoms with van der Waals surface area (Å²) in [5.74, 6) is -6.92. The van der Waals surface area contributed by atoms with Gasteiger partial charge in [-0.2, -0.15) is 0 Å². The Morgan fingerprint density at radius 1 is 0.897 bits per heavy atom. The molecule has 0 bridgehead atoms. The lowest BCUT2D eigenvalue weighted by Crippen LogP contribution is -2.12. The van der Waals surface area contributed by atoms with E-state index in [1.807, 2.05) is 0 Å². The average Bonchev–Trinajstić information content (AvgIpc) is 2.59. The van der Waals surface area contributed by atoms with Gasteiger partial charge in [-0.15, -0.1) is 0 Å². The highest BCUT2D eigenvalue weighted by Gasteiger charge is 2.17. The molecule has 0 aliphatic rings. The Kier molecular flexibility index (Phi) is 8.95. The normalized spacial score (nSPS) is 10.3. The second-order valence-corrected chi connectivity index (χ2v) is 6.07. The number of carbonyl (C=O) groups is 2. The number of alkyl halides is 2. The van der Waals surface area contributed by atoms with Gasteiger partial charge in [0, 0.05) is 25.1 Å². The molecular weight excluding hydrogens is 476 g/mol. The quantitative estimate of drug-likeness (QED) is 0.387. The first kappa shape index (κ1) is 24.3. The molecule has 0 atom stereocenters. The largest absolute Gasteiger partial charge is 0.478 e. The molecule has 0 fully saturated rings. The van der Waals surface area contributed by atoms with Crippen LogP contribution >= 0.6 is 15.9 Å². The first-order valence-electron chi connectivity index (χ1n) is 7.56. The highest BCUT2D eigenvalue weighted by molar-refractivity contribution is 9.10. The van der Waals surface area contributed by atoms with Gasteiger partial charge in [0.05, 0.1) is 21.3 Å². The number of hydrogen-bond acceptors (Lipinski definition) is 3. The SMILES string of the molecule is O=C(O)c1cc(F)cc(F)c1Br.O=C(O)c1cc(F)cc(F)c1NCCC(F)F. The molecule has 0 heterocycles. The van der Waals surface area contributed by atoms with E-state index >= 15 is 0 Å². The van der Waals surface area contributed by atoms with Gasteiger partial charge >= 0.3 is 11.9 Å². The summed E-state index contributed by atoms with van der Waals surface area (Å²) in [6.07, 6.45) is -3.14. The minimum Gasteiger partial charge on any atom is -0.478 e. The molecule has 2 aromatic carbocycles. The molecule has 0 amide bonds. The lowest BCUT2D eigenvalue weighted by atomic mass is 10.1. The lowest BCUT2D eigenvalue weighted by Gasteiger charge is -2.10. The zero-order chi connectivity index (χ0) is 22.3. The number of benzene rings is 2. The molecule has 158 valence electrons. The number of nitrogens with one attached hydrogen (secondary N) is 1.